The van der Waals surface area contributed by atoms with Crippen molar-refractivity contribution in [1.29, 1.82) is 0 Å². The largest absolute Gasteiger partial charge is 0.341 e. The van der Waals surface area contributed by atoms with Crippen molar-refractivity contribution in [2.45, 2.75) is 0 Å². The second kappa shape index (κ2) is 6.70. The highest BCUT2D eigenvalue weighted by Crippen LogP contribution is 2.13. The number of anilines is 2. The fraction of sp³-hybridized carbons (Fsp3) is 0.250. The van der Waals surface area contributed by atoms with Crippen molar-refractivity contribution in [2.24, 2.45) is 0 Å². The molecule has 0 aliphatic carbocycles. The average Bonchev–Trinajstić information content (AvgIpc) is 2.56. The summed E-state index contributed by atoms with van der Waals surface area (Å²) in [6.45, 7) is 3.46. The summed E-state index contributed by atoms with van der Waals surface area (Å²) in [7, 11) is 0. The molecular formula is C16H18FN4S+. The molecule has 3 rings (SSSR count). The summed E-state index contributed by atoms with van der Waals surface area (Å²) >= 11 is 5.42. The maximum Gasteiger partial charge on any atom is 0.274 e. The van der Waals surface area contributed by atoms with Crippen molar-refractivity contribution in [3.63, 3.8) is 0 Å². The van der Waals surface area contributed by atoms with Crippen molar-refractivity contribution in [3.05, 3.63) is 54.5 Å². The van der Waals surface area contributed by atoms with Gasteiger partial charge >= 0.3 is 0 Å². The highest BCUT2D eigenvalue weighted by molar-refractivity contribution is 7.80. The van der Waals surface area contributed by atoms with E-state index in [1.54, 1.807) is 6.07 Å². The quantitative estimate of drug-likeness (QED) is 0.861. The Bertz CT molecular complexity index is 642. The monoisotopic (exact) mass is 317 g/mol. The second-order valence-corrected chi connectivity index (χ2v) is 5.55. The molecular weight excluding hydrogens is 299 g/mol. The van der Waals surface area contributed by atoms with Gasteiger partial charge in [0.1, 0.15) is 18.9 Å². The first-order valence-electron chi connectivity index (χ1n) is 7.25. The van der Waals surface area contributed by atoms with E-state index in [-0.39, 0.29) is 5.82 Å². The highest BCUT2D eigenvalue weighted by atomic mass is 32.1. The number of nitrogens with zero attached hydrogens (tertiary/aromatic N) is 2. The second-order valence-electron chi connectivity index (χ2n) is 5.16. The number of benzene rings is 1. The number of aromatic amines is 1. The molecule has 1 saturated heterocycles. The Labute approximate surface area is 134 Å². The van der Waals surface area contributed by atoms with E-state index in [2.05, 4.69) is 26.2 Å². The zero-order chi connectivity index (χ0) is 15.4. The third-order valence-electron chi connectivity index (χ3n) is 3.68. The number of piperazine rings is 1. The van der Waals surface area contributed by atoms with E-state index < -0.39 is 0 Å². The maximum atomic E-state index is 13.2. The van der Waals surface area contributed by atoms with Crippen LogP contribution in [0.3, 0.4) is 0 Å². The molecule has 2 aromatic rings. The lowest BCUT2D eigenvalue weighted by atomic mass is 10.3. The Balaban J connectivity index is 1.56. The topological polar surface area (TPSA) is 32.6 Å². The van der Waals surface area contributed by atoms with Gasteiger partial charge in [0, 0.05) is 11.8 Å². The molecule has 0 unspecified atom stereocenters. The molecule has 1 aliphatic heterocycles. The maximum absolute atomic E-state index is 13.2. The first-order valence-corrected chi connectivity index (χ1v) is 7.66. The molecule has 4 nitrogen and oxygen atoms in total. The predicted octanol–water partition coefficient (Wildman–Crippen LogP) is 2.16. The van der Waals surface area contributed by atoms with Crippen LogP contribution >= 0.6 is 12.2 Å². The molecule has 6 heteroatoms. The van der Waals surface area contributed by atoms with Gasteiger partial charge in [-0.15, -0.1) is 0 Å². The van der Waals surface area contributed by atoms with Crippen LogP contribution in [0.25, 0.3) is 0 Å². The van der Waals surface area contributed by atoms with Gasteiger partial charge < -0.3 is 10.2 Å². The predicted molar refractivity (Wildman–Crippen MR) is 89.4 cm³/mol. The summed E-state index contributed by atoms with van der Waals surface area (Å²) < 4.78 is 13.2. The first kappa shape index (κ1) is 14.7. The summed E-state index contributed by atoms with van der Waals surface area (Å²) in [6.07, 6.45) is 1.93. The van der Waals surface area contributed by atoms with Crippen LogP contribution in [0, 0.1) is 5.82 Å². The number of thiocarbonyl (C=S) groups is 1. The van der Waals surface area contributed by atoms with E-state index in [0.29, 0.717) is 10.8 Å². The highest BCUT2D eigenvalue weighted by Gasteiger charge is 2.24. The molecule has 1 fully saturated rings. The van der Waals surface area contributed by atoms with Crippen molar-refractivity contribution in [3.8, 4) is 0 Å². The Kier molecular flexibility index (Phi) is 4.48. The van der Waals surface area contributed by atoms with Crippen molar-refractivity contribution >= 4 is 28.8 Å². The zero-order valence-electron chi connectivity index (χ0n) is 12.1. The van der Waals surface area contributed by atoms with Gasteiger partial charge in [-0.25, -0.2) is 9.37 Å². The van der Waals surface area contributed by atoms with Crippen molar-refractivity contribution in [2.75, 3.05) is 36.4 Å². The van der Waals surface area contributed by atoms with Crippen LogP contribution in [0.15, 0.2) is 48.7 Å². The third kappa shape index (κ3) is 3.51. The number of H-pyrrole nitrogens is 1. The molecule has 1 aromatic heterocycles. The lowest BCUT2D eigenvalue weighted by Crippen LogP contribution is -2.51. The van der Waals surface area contributed by atoms with E-state index in [1.807, 2.05) is 24.4 Å². The summed E-state index contributed by atoms with van der Waals surface area (Å²) in [5.41, 5.74) is 0.684. The minimum absolute atomic E-state index is 0.266. The molecule has 0 radical (unpaired) electrons. The standard InChI is InChI=1S/C16H17FN4S/c17-13-4-3-5-14(12-13)19-16(22)21-10-8-20(9-11-21)15-6-1-2-7-18-15/h1-7,12H,8-11H2,(H,19,22)/p+1. The van der Waals surface area contributed by atoms with Crippen LogP contribution in [0.5, 0.6) is 0 Å². The normalized spacial score (nSPS) is 14.8. The van der Waals surface area contributed by atoms with E-state index >= 15 is 0 Å². The molecule has 2 N–H and O–H groups in total. The van der Waals surface area contributed by atoms with Crippen LogP contribution in [-0.4, -0.2) is 36.2 Å². The molecule has 0 bridgehead atoms. The summed E-state index contributed by atoms with van der Waals surface area (Å²) in [4.78, 5) is 7.65. The molecule has 0 amide bonds. The zero-order valence-corrected chi connectivity index (χ0v) is 12.9. The van der Waals surface area contributed by atoms with Gasteiger partial charge in [-0.3, -0.25) is 4.90 Å². The van der Waals surface area contributed by atoms with Crippen molar-refractivity contribution in [1.82, 2.24) is 4.90 Å². The number of halogens is 1. The van der Waals surface area contributed by atoms with Crippen LogP contribution in [0.4, 0.5) is 15.9 Å². The minimum atomic E-state index is -0.266. The lowest BCUT2D eigenvalue weighted by molar-refractivity contribution is -0.364. The molecule has 22 heavy (non-hydrogen) atoms. The molecule has 114 valence electrons. The minimum Gasteiger partial charge on any atom is -0.341 e. The molecule has 0 spiro atoms. The third-order valence-corrected chi connectivity index (χ3v) is 4.04. The van der Waals surface area contributed by atoms with Crippen molar-refractivity contribution < 1.29 is 9.37 Å². The van der Waals surface area contributed by atoms with Gasteiger partial charge in [0.25, 0.3) is 5.82 Å². The smallest absolute Gasteiger partial charge is 0.274 e. The Morgan fingerprint density at radius 1 is 1.09 bits per heavy atom. The molecule has 2 heterocycles. The van der Waals surface area contributed by atoms with E-state index in [9.17, 15) is 4.39 Å². The Morgan fingerprint density at radius 2 is 1.91 bits per heavy atom. The summed E-state index contributed by atoms with van der Waals surface area (Å²) in [6, 6.07) is 12.4. The van der Waals surface area contributed by atoms with E-state index in [1.165, 1.54) is 12.1 Å². The molecule has 1 aromatic carbocycles. The molecule has 1 aliphatic rings. The van der Waals surface area contributed by atoms with Gasteiger partial charge in [-0.1, -0.05) is 12.1 Å². The number of hydrogen-bond donors (Lipinski definition) is 1. The number of hydrogen-bond acceptors (Lipinski definition) is 2. The summed E-state index contributed by atoms with van der Waals surface area (Å²) in [5, 5.41) is 3.74. The molecule has 0 saturated carbocycles. The number of nitrogens with one attached hydrogen (secondary N) is 2. The summed E-state index contributed by atoms with van der Waals surface area (Å²) in [5.74, 6) is 0.850. The van der Waals surface area contributed by atoms with Gasteiger partial charge in [-0.05, 0) is 36.5 Å². The van der Waals surface area contributed by atoms with Crippen LogP contribution < -0.4 is 15.2 Å². The van der Waals surface area contributed by atoms with E-state index in [4.69, 9.17) is 12.2 Å². The average molecular weight is 317 g/mol. The lowest BCUT2D eigenvalue weighted by Gasteiger charge is -2.32. The van der Waals surface area contributed by atoms with Crippen LogP contribution in [-0.2, 0) is 0 Å². The Hall–Kier alpha value is -2.21. The van der Waals surface area contributed by atoms with Gasteiger partial charge in [0.05, 0.1) is 19.3 Å². The van der Waals surface area contributed by atoms with Crippen LogP contribution in [0.1, 0.15) is 0 Å². The number of pyridine rings is 1. The first-order chi connectivity index (χ1) is 10.7. The SMILES string of the molecule is Fc1cccc(NC(=S)N2CCN(c3cccc[nH+]3)CC2)c1. The number of aromatic nitrogens is 1. The van der Waals surface area contributed by atoms with Gasteiger partial charge in [0.2, 0.25) is 0 Å². The van der Waals surface area contributed by atoms with E-state index in [0.717, 1.165) is 32.0 Å². The number of rotatable bonds is 2. The fourth-order valence-electron chi connectivity index (χ4n) is 2.50. The van der Waals surface area contributed by atoms with Gasteiger partial charge in [-0.2, -0.15) is 0 Å². The van der Waals surface area contributed by atoms with Crippen LogP contribution in [0.2, 0.25) is 0 Å². The fourth-order valence-corrected chi connectivity index (χ4v) is 2.80. The Morgan fingerprint density at radius 3 is 2.59 bits per heavy atom. The van der Waals surface area contributed by atoms with Gasteiger partial charge in [0.15, 0.2) is 5.11 Å². The molecule has 0 atom stereocenters.